The number of nitrogens with one attached hydrogen (secondary N) is 1. The van der Waals surface area contributed by atoms with E-state index < -0.39 is 11.7 Å². The molecule has 1 saturated carbocycles. The van der Waals surface area contributed by atoms with E-state index in [1.54, 1.807) is 11.4 Å². The molecule has 0 amide bonds. The van der Waals surface area contributed by atoms with E-state index in [2.05, 4.69) is 4.98 Å². The van der Waals surface area contributed by atoms with Crippen molar-refractivity contribution in [2.24, 2.45) is 0 Å². The van der Waals surface area contributed by atoms with Crippen molar-refractivity contribution in [3.63, 3.8) is 0 Å². The second-order valence-electron chi connectivity index (χ2n) is 7.21. The van der Waals surface area contributed by atoms with Gasteiger partial charge in [-0.3, -0.25) is 5.41 Å². The van der Waals surface area contributed by atoms with E-state index in [1.807, 2.05) is 4.90 Å². The van der Waals surface area contributed by atoms with Crippen molar-refractivity contribution >= 4 is 22.7 Å². The van der Waals surface area contributed by atoms with Gasteiger partial charge in [-0.2, -0.15) is 13.2 Å². The molecule has 2 N–H and O–H groups in total. The summed E-state index contributed by atoms with van der Waals surface area (Å²) < 4.78 is 38.9. The Labute approximate surface area is 164 Å². The summed E-state index contributed by atoms with van der Waals surface area (Å²) >= 11 is 1.23. The van der Waals surface area contributed by atoms with Crippen LogP contribution in [0.5, 0.6) is 0 Å². The maximum absolute atomic E-state index is 13.0. The number of hydrogen-bond acceptors (Lipinski definition) is 4. The summed E-state index contributed by atoms with van der Waals surface area (Å²) in [4.78, 5) is 6.36. The van der Waals surface area contributed by atoms with E-state index in [0.29, 0.717) is 28.4 Å². The molecule has 1 fully saturated rings. The highest BCUT2D eigenvalue weighted by molar-refractivity contribution is 7.11. The molecule has 148 valence electrons. The molecule has 2 aromatic rings. The predicted octanol–water partition coefficient (Wildman–Crippen LogP) is 5.72. The minimum absolute atomic E-state index is 0.112. The highest BCUT2D eigenvalue weighted by Gasteiger charge is 2.35. The molecule has 8 heteroatoms. The zero-order chi connectivity index (χ0) is 19.9. The van der Waals surface area contributed by atoms with Gasteiger partial charge in [-0.25, -0.2) is 4.98 Å². The molecule has 1 aliphatic heterocycles. The first kappa shape index (κ1) is 19.0. The topological polar surface area (TPSA) is 60.2 Å². The first-order chi connectivity index (χ1) is 13.3. The lowest BCUT2D eigenvalue weighted by molar-refractivity contribution is -0.137. The maximum atomic E-state index is 13.0. The standard InChI is InChI=1S/C20H20F3N3OS/c21-20(22,23)13-6-4-5-12(9-13)15-11-28-19(25-15)17-16(27)10-26(18(17)24)14-7-2-1-3-8-14/h4-6,9,11,14,24,27H,1-3,7-8,10H2. The molecular weight excluding hydrogens is 387 g/mol. The Balaban J connectivity index is 1.59. The number of alkyl halides is 3. The molecule has 1 aromatic carbocycles. The van der Waals surface area contributed by atoms with Crippen LogP contribution in [0.2, 0.25) is 0 Å². The molecule has 28 heavy (non-hydrogen) atoms. The Morgan fingerprint density at radius 2 is 1.93 bits per heavy atom. The van der Waals surface area contributed by atoms with Gasteiger partial charge in [0.1, 0.15) is 16.6 Å². The fourth-order valence-electron chi connectivity index (χ4n) is 3.90. The minimum atomic E-state index is -4.41. The summed E-state index contributed by atoms with van der Waals surface area (Å²) in [5.41, 5.74) is 0.453. The average molecular weight is 407 g/mol. The fourth-order valence-corrected chi connectivity index (χ4v) is 4.80. The van der Waals surface area contributed by atoms with Crippen molar-refractivity contribution in [2.75, 3.05) is 6.54 Å². The molecule has 4 rings (SSSR count). The Kier molecular flexibility index (Phi) is 4.91. The number of amidine groups is 1. The molecule has 0 radical (unpaired) electrons. The molecule has 0 saturated heterocycles. The van der Waals surface area contributed by atoms with Crippen LogP contribution < -0.4 is 0 Å². The summed E-state index contributed by atoms with van der Waals surface area (Å²) in [6, 6.07) is 5.29. The largest absolute Gasteiger partial charge is 0.510 e. The van der Waals surface area contributed by atoms with Gasteiger partial charge in [0.25, 0.3) is 0 Å². The summed E-state index contributed by atoms with van der Waals surface area (Å²) in [6.45, 7) is 0.303. The van der Waals surface area contributed by atoms with Crippen LogP contribution in [-0.4, -0.2) is 33.4 Å². The summed E-state index contributed by atoms with van der Waals surface area (Å²) in [7, 11) is 0. The summed E-state index contributed by atoms with van der Waals surface area (Å²) in [5.74, 6) is 0.370. The zero-order valence-corrected chi connectivity index (χ0v) is 15.9. The second kappa shape index (κ2) is 7.24. The lowest BCUT2D eigenvalue weighted by Gasteiger charge is -2.32. The molecule has 2 aliphatic rings. The van der Waals surface area contributed by atoms with Gasteiger partial charge in [-0.05, 0) is 25.0 Å². The van der Waals surface area contributed by atoms with Crippen molar-refractivity contribution in [1.82, 2.24) is 9.88 Å². The third-order valence-electron chi connectivity index (χ3n) is 5.35. The van der Waals surface area contributed by atoms with Crippen molar-refractivity contribution in [3.8, 4) is 11.3 Å². The van der Waals surface area contributed by atoms with Crippen LogP contribution in [0.4, 0.5) is 13.2 Å². The first-order valence-corrected chi connectivity index (χ1v) is 10.1. The number of aliphatic hydroxyl groups is 1. The zero-order valence-electron chi connectivity index (χ0n) is 15.1. The van der Waals surface area contributed by atoms with Crippen molar-refractivity contribution < 1.29 is 18.3 Å². The van der Waals surface area contributed by atoms with Gasteiger partial charge in [-0.15, -0.1) is 11.3 Å². The van der Waals surface area contributed by atoms with Gasteiger partial charge in [0, 0.05) is 17.0 Å². The lowest BCUT2D eigenvalue weighted by Crippen LogP contribution is -2.38. The number of benzene rings is 1. The normalized spacial score (nSPS) is 19.0. The highest BCUT2D eigenvalue weighted by atomic mass is 32.1. The van der Waals surface area contributed by atoms with Gasteiger partial charge in [0.05, 0.1) is 23.4 Å². The Hall–Kier alpha value is -2.35. The smallest absolute Gasteiger partial charge is 0.416 e. The van der Waals surface area contributed by atoms with E-state index in [9.17, 15) is 18.3 Å². The molecule has 0 atom stereocenters. The quantitative estimate of drug-likeness (QED) is 0.684. The molecule has 1 aromatic heterocycles. The van der Waals surface area contributed by atoms with Gasteiger partial charge in [-0.1, -0.05) is 31.4 Å². The number of rotatable bonds is 3. The van der Waals surface area contributed by atoms with Crippen molar-refractivity contribution in [2.45, 2.75) is 44.3 Å². The van der Waals surface area contributed by atoms with Crippen LogP contribution in [0.25, 0.3) is 16.8 Å². The van der Waals surface area contributed by atoms with Gasteiger partial charge in [0.15, 0.2) is 0 Å². The number of hydrogen-bond donors (Lipinski definition) is 2. The Morgan fingerprint density at radius 1 is 1.18 bits per heavy atom. The monoisotopic (exact) mass is 407 g/mol. The van der Waals surface area contributed by atoms with Crippen molar-refractivity contribution in [3.05, 3.63) is 46.0 Å². The Morgan fingerprint density at radius 3 is 2.64 bits per heavy atom. The van der Waals surface area contributed by atoms with Crippen LogP contribution >= 0.6 is 11.3 Å². The Bertz CT molecular complexity index is 929. The number of thiazole rings is 1. The third kappa shape index (κ3) is 3.53. The summed E-state index contributed by atoms with van der Waals surface area (Å²) in [5, 5.41) is 21.1. The molecule has 0 unspecified atom stereocenters. The fraction of sp³-hybridized carbons (Fsp3) is 0.400. The lowest BCUT2D eigenvalue weighted by atomic mass is 9.94. The molecule has 0 spiro atoms. The van der Waals surface area contributed by atoms with Crippen molar-refractivity contribution in [1.29, 1.82) is 5.41 Å². The van der Waals surface area contributed by atoms with Crippen LogP contribution in [0, 0.1) is 5.41 Å². The minimum Gasteiger partial charge on any atom is -0.510 e. The van der Waals surface area contributed by atoms with Crippen LogP contribution in [0.1, 0.15) is 42.7 Å². The van der Waals surface area contributed by atoms with E-state index in [-0.39, 0.29) is 17.6 Å². The average Bonchev–Trinajstić information content (AvgIpc) is 3.26. The maximum Gasteiger partial charge on any atom is 0.416 e. The molecular formula is C20H20F3N3OS. The number of halogens is 3. The number of aliphatic hydroxyl groups excluding tert-OH is 1. The molecule has 2 heterocycles. The predicted molar refractivity (Wildman–Crippen MR) is 103 cm³/mol. The van der Waals surface area contributed by atoms with E-state index >= 15 is 0 Å². The number of nitrogens with zero attached hydrogens (tertiary/aromatic N) is 2. The van der Waals surface area contributed by atoms with Gasteiger partial charge in [0.2, 0.25) is 0 Å². The molecule has 0 bridgehead atoms. The summed E-state index contributed by atoms with van der Waals surface area (Å²) in [6.07, 6.45) is 1.07. The molecule has 1 aliphatic carbocycles. The van der Waals surface area contributed by atoms with Crippen LogP contribution in [-0.2, 0) is 6.18 Å². The second-order valence-corrected chi connectivity index (χ2v) is 8.06. The van der Waals surface area contributed by atoms with E-state index in [1.165, 1.54) is 23.8 Å². The van der Waals surface area contributed by atoms with E-state index in [0.717, 1.165) is 37.8 Å². The van der Waals surface area contributed by atoms with Crippen LogP contribution in [0.15, 0.2) is 35.4 Å². The van der Waals surface area contributed by atoms with Gasteiger partial charge >= 0.3 is 6.18 Å². The molecule has 4 nitrogen and oxygen atoms in total. The third-order valence-corrected chi connectivity index (χ3v) is 6.21. The van der Waals surface area contributed by atoms with Crippen LogP contribution in [0.3, 0.4) is 0 Å². The van der Waals surface area contributed by atoms with E-state index in [4.69, 9.17) is 5.41 Å². The SMILES string of the molecule is N=C1C(c2nc(-c3cccc(C(F)(F)F)c3)cs2)=C(O)CN1C1CCCCC1. The first-order valence-electron chi connectivity index (χ1n) is 9.26. The van der Waals surface area contributed by atoms with Gasteiger partial charge < -0.3 is 10.0 Å². The number of aromatic nitrogens is 1. The highest BCUT2D eigenvalue weighted by Crippen LogP contribution is 2.36.